The van der Waals surface area contributed by atoms with Gasteiger partial charge < -0.3 is 10.3 Å². The highest BCUT2D eigenvalue weighted by Gasteiger charge is 2.20. The van der Waals surface area contributed by atoms with Gasteiger partial charge in [-0.1, -0.05) is 46.6 Å². The second kappa shape index (κ2) is 5.39. The van der Waals surface area contributed by atoms with E-state index in [9.17, 15) is 4.39 Å². The van der Waals surface area contributed by atoms with Gasteiger partial charge in [0.1, 0.15) is 5.82 Å². The van der Waals surface area contributed by atoms with E-state index in [4.69, 9.17) is 33.5 Å². The van der Waals surface area contributed by atoms with Gasteiger partial charge in [0, 0.05) is 16.1 Å². The largest absolute Gasteiger partial charge is 0.380 e. The average Bonchev–Trinajstić information content (AvgIpc) is 2.84. The van der Waals surface area contributed by atoms with Crippen LogP contribution in [0.3, 0.4) is 0 Å². The molecule has 0 fully saturated rings. The predicted octanol–water partition coefficient (Wildman–Crippen LogP) is 5.04. The summed E-state index contributed by atoms with van der Waals surface area (Å²) < 4.78 is 18.6. The van der Waals surface area contributed by atoms with Crippen LogP contribution in [0.15, 0.2) is 47.0 Å². The molecule has 0 saturated carbocycles. The van der Waals surface area contributed by atoms with Gasteiger partial charge >= 0.3 is 0 Å². The molecule has 1 aromatic heterocycles. The third-order valence-electron chi connectivity index (χ3n) is 3.04. The first-order valence-electron chi connectivity index (χ1n) is 6.03. The van der Waals surface area contributed by atoms with E-state index in [0.29, 0.717) is 27.5 Å². The molecule has 3 rings (SSSR count). The van der Waals surface area contributed by atoms with Gasteiger partial charge in [0.05, 0.1) is 10.6 Å². The molecule has 0 atom stereocenters. The molecule has 2 N–H and O–H groups in total. The maximum absolute atomic E-state index is 13.3. The molecule has 0 bridgehead atoms. The Balaban J connectivity index is 2.22. The summed E-state index contributed by atoms with van der Waals surface area (Å²) in [4.78, 5) is 0. The first-order chi connectivity index (χ1) is 10.1. The molecule has 2 aromatic carbocycles. The molecule has 0 aliphatic rings. The summed E-state index contributed by atoms with van der Waals surface area (Å²) in [5.41, 5.74) is 7.69. The number of rotatable bonds is 2. The number of aromatic nitrogens is 1. The van der Waals surface area contributed by atoms with Gasteiger partial charge in [0.15, 0.2) is 11.6 Å². The number of hydrogen-bond donors (Lipinski definition) is 1. The minimum Gasteiger partial charge on any atom is -0.380 e. The van der Waals surface area contributed by atoms with E-state index in [-0.39, 0.29) is 10.8 Å². The molecular weight excluding hydrogens is 314 g/mol. The molecule has 0 aliphatic carbocycles. The number of halogens is 3. The van der Waals surface area contributed by atoms with E-state index >= 15 is 0 Å². The Morgan fingerprint density at radius 2 is 1.81 bits per heavy atom. The Hall–Kier alpha value is -2.04. The van der Waals surface area contributed by atoms with Crippen molar-refractivity contribution in [3.8, 4) is 22.5 Å². The van der Waals surface area contributed by atoms with Crippen molar-refractivity contribution < 1.29 is 8.91 Å². The van der Waals surface area contributed by atoms with Gasteiger partial charge in [-0.3, -0.25) is 0 Å². The van der Waals surface area contributed by atoms with Gasteiger partial charge in [0.25, 0.3) is 0 Å². The third kappa shape index (κ3) is 2.48. The fraction of sp³-hybridized carbons (Fsp3) is 0. The maximum atomic E-state index is 13.3. The normalized spacial score (nSPS) is 10.8. The average molecular weight is 323 g/mol. The molecule has 21 heavy (non-hydrogen) atoms. The molecule has 6 heteroatoms. The summed E-state index contributed by atoms with van der Waals surface area (Å²) in [6.07, 6.45) is 0. The van der Waals surface area contributed by atoms with Crippen molar-refractivity contribution in [3.05, 3.63) is 58.3 Å². The van der Waals surface area contributed by atoms with Crippen LogP contribution < -0.4 is 5.73 Å². The van der Waals surface area contributed by atoms with Crippen molar-refractivity contribution in [3.63, 3.8) is 0 Å². The van der Waals surface area contributed by atoms with Crippen LogP contribution in [0.5, 0.6) is 0 Å². The number of anilines is 1. The van der Waals surface area contributed by atoms with Gasteiger partial charge in [-0.05, 0) is 24.3 Å². The second-order valence-corrected chi connectivity index (χ2v) is 5.20. The minimum absolute atomic E-state index is 0.00687. The second-order valence-electron chi connectivity index (χ2n) is 4.38. The lowest BCUT2D eigenvalue weighted by molar-refractivity contribution is 0.436. The van der Waals surface area contributed by atoms with Crippen molar-refractivity contribution in [2.45, 2.75) is 0 Å². The smallest absolute Gasteiger partial charge is 0.177 e. The van der Waals surface area contributed by atoms with Gasteiger partial charge in [-0.25, -0.2) is 4.39 Å². The standard InChI is InChI=1S/C15H9Cl2FN2O/c16-10-4-2-1-3-9(10)13-14(21-20-15(13)19)8-5-6-12(18)11(17)7-8/h1-7H,(H2,19,20). The molecular formula is C15H9Cl2FN2O. The summed E-state index contributed by atoms with van der Waals surface area (Å²) in [7, 11) is 0. The maximum Gasteiger partial charge on any atom is 0.177 e. The summed E-state index contributed by atoms with van der Waals surface area (Å²) in [6.45, 7) is 0. The van der Waals surface area contributed by atoms with E-state index in [2.05, 4.69) is 5.16 Å². The van der Waals surface area contributed by atoms with E-state index < -0.39 is 5.82 Å². The number of hydrogen-bond acceptors (Lipinski definition) is 3. The predicted molar refractivity (Wildman–Crippen MR) is 81.8 cm³/mol. The van der Waals surface area contributed by atoms with Crippen LogP contribution in [-0.4, -0.2) is 5.16 Å². The highest BCUT2D eigenvalue weighted by Crippen LogP contribution is 2.40. The molecule has 0 spiro atoms. The van der Waals surface area contributed by atoms with Gasteiger partial charge in [-0.2, -0.15) is 0 Å². The molecule has 0 unspecified atom stereocenters. The highest BCUT2D eigenvalue weighted by molar-refractivity contribution is 6.33. The zero-order chi connectivity index (χ0) is 15.0. The van der Waals surface area contributed by atoms with Crippen molar-refractivity contribution in [2.75, 3.05) is 5.73 Å². The lowest BCUT2D eigenvalue weighted by Gasteiger charge is -2.05. The monoisotopic (exact) mass is 322 g/mol. The minimum atomic E-state index is -0.507. The lowest BCUT2D eigenvalue weighted by atomic mass is 10.0. The number of nitrogens with zero attached hydrogens (tertiary/aromatic N) is 1. The fourth-order valence-corrected chi connectivity index (χ4v) is 2.47. The molecule has 0 aliphatic heterocycles. The van der Waals surface area contributed by atoms with Crippen LogP contribution in [0, 0.1) is 5.82 Å². The number of benzene rings is 2. The number of nitrogen functional groups attached to an aromatic ring is 1. The number of nitrogens with two attached hydrogens (primary N) is 1. The van der Waals surface area contributed by atoms with Crippen LogP contribution in [-0.2, 0) is 0 Å². The van der Waals surface area contributed by atoms with Gasteiger partial charge in [0.2, 0.25) is 0 Å². The summed E-state index contributed by atoms with van der Waals surface area (Å²) in [5.74, 6) is 0.0910. The molecule has 1 heterocycles. The topological polar surface area (TPSA) is 52.0 Å². The summed E-state index contributed by atoms with van der Waals surface area (Å²) in [6, 6.07) is 11.4. The highest BCUT2D eigenvalue weighted by atomic mass is 35.5. The first kappa shape index (κ1) is 13.9. The van der Waals surface area contributed by atoms with Crippen molar-refractivity contribution in [1.29, 1.82) is 0 Å². The molecule has 0 radical (unpaired) electrons. The third-order valence-corrected chi connectivity index (χ3v) is 3.66. The Labute approximate surface area is 130 Å². The zero-order valence-electron chi connectivity index (χ0n) is 10.6. The van der Waals surface area contributed by atoms with E-state index in [1.165, 1.54) is 12.1 Å². The van der Waals surface area contributed by atoms with Crippen LogP contribution >= 0.6 is 23.2 Å². The van der Waals surface area contributed by atoms with Crippen LogP contribution in [0.1, 0.15) is 0 Å². The van der Waals surface area contributed by atoms with Crippen LogP contribution in [0.2, 0.25) is 10.0 Å². The molecule has 106 valence electrons. The Morgan fingerprint density at radius 1 is 1.05 bits per heavy atom. The van der Waals surface area contributed by atoms with Crippen molar-refractivity contribution in [2.24, 2.45) is 0 Å². The van der Waals surface area contributed by atoms with Crippen molar-refractivity contribution in [1.82, 2.24) is 5.16 Å². The Morgan fingerprint density at radius 3 is 2.52 bits per heavy atom. The molecule has 3 aromatic rings. The van der Waals surface area contributed by atoms with Crippen LogP contribution in [0.25, 0.3) is 22.5 Å². The summed E-state index contributed by atoms with van der Waals surface area (Å²) in [5, 5.41) is 4.28. The Kier molecular flexibility index (Phi) is 3.57. The molecule has 0 amide bonds. The van der Waals surface area contributed by atoms with Crippen LogP contribution in [0.4, 0.5) is 10.2 Å². The Bertz CT molecular complexity index is 817. The van der Waals surface area contributed by atoms with E-state index in [0.717, 1.165) is 0 Å². The lowest BCUT2D eigenvalue weighted by Crippen LogP contribution is -1.90. The zero-order valence-corrected chi connectivity index (χ0v) is 12.1. The van der Waals surface area contributed by atoms with Gasteiger partial charge in [-0.15, -0.1) is 0 Å². The molecule has 0 saturated heterocycles. The summed E-state index contributed by atoms with van der Waals surface area (Å²) >= 11 is 12.0. The van der Waals surface area contributed by atoms with E-state index in [1.807, 2.05) is 12.1 Å². The first-order valence-corrected chi connectivity index (χ1v) is 6.79. The van der Waals surface area contributed by atoms with Crippen molar-refractivity contribution >= 4 is 29.0 Å². The SMILES string of the molecule is Nc1noc(-c2ccc(F)c(Cl)c2)c1-c1ccccc1Cl. The fourth-order valence-electron chi connectivity index (χ4n) is 2.06. The molecule has 3 nitrogen and oxygen atoms in total. The quantitative estimate of drug-likeness (QED) is 0.719. The van der Waals surface area contributed by atoms with E-state index in [1.54, 1.807) is 18.2 Å².